The van der Waals surface area contributed by atoms with E-state index in [4.69, 9.17) is 9.72 Å². The number of morpholine rings is 1. The molecule has 2 saturated heterocycles. The zero-order valence-electron chi connectivity index (χ0n) is 18.8. The molecule has 3 heterocycles. The van der Waals surface area contributed by atoms with E-state index in [2.05, 4.69) is 76.6 Å². The molecule has 170 valence electrons. The second-order valence-electron chi connectivity index (χ2n) is 8.57. The van der Waals surface area contributed by atoms with E-state index in [1.165, 1.54) is 21.9 Å². The van der Waals surface area contributed by atoms with Gasteiger partial charge in [0, 0.05) is 50.2 Å². The van der Waals surface area contributed by atoms with Crippen LogP contribution in [-0.2, 0) is 11.2 Å². The van der Waals surface area contributed by atoms with E-state index in [1.807, 2.05) is 0 Å². The van der Waals surface area contributed by atoms with Crippen molar-refractivity contribution in [3.05, 3.63) is 60.2 Å². The lowest BCUT2D eigenvalue weighted by Crippen LogP contribution is -2.46. The highest BCUT2D eigenvalue weighted by atomic mass is 35.5. The maximum atomic E-state index is 5.86. The van der Waals surface area contributed by atoms with Gasteiger partial charge in [-0.05, 0) is 30.0 Å². The Bertz CT molecular complexity index is 1010. The van der Waals surface area contributed by atoms with Crippen LogP contribution < -0.4 is 10.2 Å². The summed E-state index contributed by atoms with van der Waals surface area (Å²) in [5.41, 5.74) is 3.54. The number of nitrogens with zero attached hydrogens (tertiary/aromatic N) is 3. The molecule has 2 aliphatic rings. The quantitative estimate of drug-likeness (QED) is 0.633. The Morgan fingerprint density at radius 2 is 1.81 bits per heavy atom. The van der Waals surface area contributed by atoms with E-state index in [1.54, 1.807) is 0 Å². The molecule has 1 N–H and O–H groups in total. The molecule has 1 unspecified atom stereocenters. The molecule has 0 spiro atoms. The summed E-state index contributed by atoms with van der Waals surface area (Å²) in [5.74, 6) is 1.12. The second-order valence-corrected chi connectivity index (χ2v) is 8.57. The molecule has 3 aromatic rings. The van der Waals surface area contributed by atoms with Crippen LogP contribution in [0.1, 0.15) is 12.5 Å². The Kier molecular flexibility index (Phi) is 7.63. The van der Waals surface area contributed by atoms with Gasteiger partial charge in [-0.15, -0.1) is 12.4 Å². The van der Waals surface area contributed by atoms with Crippen LogP contribution in [0, 0.1) is 0 Å². The molecule has 2 aliphatic heterocycles. The number of nitrogens with one attached hydrogen (secondary N) is 1. The smallest absolute Gasteiger partial charge is 0.137 e. The van der Waals surface area contributed by atoms with Gasteiger partial charge in [0.2, 0.25) is 0 Å². The zero-order chi connectivity index (χ0) is 21.0. The molecule has 0 saturated carbocycles. The Balaban J connectivity index is 0.00000245. The molecule has 2 aromatic carbocycles. The Hall–Kier alpha value is -2.18. The van der Waals surface area contributed by atoms with Crippen molar-refractivity contribution in [2.45, 2.75) is 19.4 Å². The first kappa shape index (κ1) is 23.0. The Morgan fingerprint density at radius 3 is 2.53 bits per heavy atom. The van der Waals surface area contributed by atoms with E-state index in [0.717, 1.165) is 70.4 Å². The molecule has 1 atom stereocenters. The SMILES string of the molecule is CCN1CCN(c2nc(-c3ccc(CC4CNCCO4)cc3)cc3ccccc23)CC1.Cl. The van der Waals surface area contributed by atoms with Crippen molar-refractivity contribution in [2.75, 3.05) is 57.3 Å². The number of ether oxygens (including phenoxy) is 1. The molecule has 0 radical (unpaired) electrons. The second kappa shape index (κ2) is 10.6. The molecular formula is C26H33ClN4O. The topological polar surface area (TPSA) is 40.6 Å². The first-order chi connectivity index (χ1) is 15.3. The van der Waals surface area contributed by atoms with Crippen LogP contribution >= 0.6 is 12.4 Å². The summed E-state index contributed by atoms with van der Waals surface area (Å²) in [6, 6.07) is 19.7. The average Bonchev–Trinajstić information content (AvgIpc) is 2.84. The van der Waals surface area contributed by atoms with Gasteiger partial charge in [0.05, 0.1) is 18.4 Å². The normalized spacial score (nSPS) is 19.7. The van der Waals surface area contributed by atoms with E-state index < -0.39 is 0 Å². The zero-order valence-corrected chi connectivity index (χ0v) is 19.6. The minimum atomic E-state index is 0. The Labute approximate surface area is 197 Å². The third kappa shape index (κ3) is 5.07. The first-order valence-corrected chi connectivity index (χ1v) is 11.6. The van der Waals surface area contributed by atoms with Crippen molar-refractivity contribution in [3.8, 4) is 11.3 Å². The fourth-order valence-electron chi connectivity index (χ4n) is 4.67. The molecule has 32 heavy (non-hydrogen) atoms. The highest BCUT2D eigenvalue weighted by molar-refractivity contribution is 5.95. The van der Waals surface area contributed by atoms with Gasteiger partial charge < -0.3 is 19.9 Å². The number of halogens is 1. The van der Waals surface area contributed by atoms with Gasteiger partial charge in [-0.1, -0.05) is 55.5 Å². The lowest BCUT2D eigenvalue weighted by Gasteiger charge is -2.35. The van der Waals surface area contributed by atoms with Crippen LogP contribution in [-0.4, -0.2) is 68.4 Å². The summed E-state index contributed by atoms with van der Waals surface area (Å²) in [6.07, 6.45) is 1.22. The number of hydrogen-bond acceptors (Lipinski definition) is 5. The van der Waals surface area contributed by atoms with E-state index >= 15 is 0 Å². The van der Waals surface area contributed by atoms with Crippen LogP contribution in [0.2, 0.25) is 0 Å². The molecule has 6 heteroatoms. The predicted molar refractivity (Wildman–Crippen MR) is 135 cm³/mol. The molecule has 0 aliphatic carbocycles. The highest BCUT2D eigenvalue weighted by Crippen LogP contribution is 2.31. The Morgan fingerprint density at radius 1 is 1.03 bits per heavy atom. The standard InChI is InChI=1S/C26H32N4O.ClH/c1-2-29-12-14-30(15-13-29)26-24-6-4-3-5-22(24)18-25(28-26)21-9-7-20(8-10-21)17-23-19-27-11-16-31-23;/h3-10,18,23,27H,2,11-17,19H2,1H3;1H. The maximum absolute atomic E-state index is 5.86. The van der Waals surface area contributed by atoms with Gasteiger partial charge in [0.15, 0.2) is 0 Å². The van der Waals surface area contributed by atoms with Crippen molar-refractivity contribution in [2.24, 2.45) is 0 Å². The minimum absolute atomic E-state index is 0. The van der Waals surface area contributed by atoms with Gasteiger partial charge in [-0.2, -0.15) is 0 Å². The van der Waals surface area contributed by atoms with Crippen molar-refractivity contribution >= 4 is 29.0 Å². The summed E-state index contributed by atoms with van der Waals surface area (Å²) in [7, 11) is 0. The van der Waals surface area contributed by atoms with Crippen LogP contribution in [0.4, 0.5) is 5.82 Å². The van der Waals surface area contributed by atoms with Gasteiger partial charge in [-0.3, -0.25) is 0 Å². The van der Waals surface area contributed by atoms with Crippen molar-refractivity contribution in [1.29, 1.82) is 0 Å². The number of pyridine rings is 1. The summed E-state index contributed by atoms with van der Waals surface area (Å²) in [5, 5.41) is 5.91. The lowest BCUT2D eigenvalue weighted by atomic mass is 10.0. The largest absolute Gasteiger partial charge is 0.375 e. The molecule has 0 bridgehead atoms. The van der Waals surface area contributed by atoms with Crippen LogP contribution in [0.25, 0.3) is 22.0 Å². The highest BCUT2D eigenvalue weighted by Gasteiger charge is 2.20. The minimum Gasteiger partial charge on any atom is -0.375 e. The number of aromatic nitrogens is 1. The summed E-state index contributed by atoms with van der Waals surface area (Å²) in [4.78, 5) is 10.1. The molecule has 0 amide bonds. The number of rotatable bonds is 5. The summed E-state index contributed by atoms with van der Waals surface area (Å²) in [6.45, 7) is 10.3. The molecule has 5 rings (SSSR count). The first-order valence-electron chi connectivity index (χ1n) is 11.6. The number of piperazine rings is 1. The number of anilines is 1. The number of likely N-dealkylation sites (N-methyl/N-ethyl adjacent to an activating group) is 1. The van der Waals surface area contributed by atoms with E-state index in [0.29, 0.717) is 0 Å². The third-order valence-corrected chi connectivity index (χ3v) is 6.56. The van der Waals surface area contributed by atoms with Gasteiger partial charge in [0.1, 0.15) is 5.82 Å². The fraction of sp³-hybridized carbons (Fsp3) is 0.423. The molecule has 5 nitrogen and oxygen atoms in total. The number of hydrogen-bond donors (Lipinski definition) is 1. The third-order valence-electron chi connectivity index (χ3n) is 6.56. The predicted octanol–water partition coefficient (Wildman–Crippen LogP) is 4.00. The molecular weight excluding hydrogens is 420 g/mol. The van der Waals surface area contributed by atoms with E-state index in [-0.39, 0.29) is 18.5 Å². The van der Waals surface area contributed by atoms with Crippen molar-refractivity contribution in [3.63, 3.8) is 0 Å². The summed E-state index contributed by atoms with van der Waals surface area (Å²) >= 11 is 0. The van der Waals surface area contributed by atoms with Crippen LogP contribution in [0.5, 0.6) is 0 Å². The van der Waals surface area contributed by atoms with Crippen LogP contribution in [0.15, 0.2) is 54.6 Å². The number of fused-ring (bicyclic) bond motifs is 1. The maximum Gasteiger partial charge on any atom is 0.137 e. The molecule has 1 aromatic heterocycles. The fourth-order valence-corrected chi connectivity index (χ4v) is 4.67. The lowest BCUT2D eigenvalue weighted by molar-refractivity contribution is 0.0292. The number of benzene rings is 2. The van der Waals surface area contributed by atoms with Crippen molar-refractivity contribution in [1.82, 2.24) is 15.2 Å². The van der Waals surface area contributed by atoms with Gasteiger partial charge in [-0.25, -0.2) is 4.98 Å². The molecule has 2 fully saturated rings. The van der Waals surface area contributed by atoms with E-state index in [9.17, 15) is 0 Å². The van der Waals surface area contributed by atoms with Gasteiger partial charge in [0.25, 0.3) is 0 Å². The van der Waals surface area contributed by atoms with Crippen LogP contribution in [0.3, 0.4) is 0 Å². The monoisotopic (exact) mass is 452 g/mol. The van der Waals surface area contributed by atoms with Gasteiger partial charge >= 0.3 is 0 Å². The average molecular weight is 453 g/mol. The summed E-state index contributed by atoms with van der Waals surface area (Å²) < 4.78 is 5.86. The van der Waals surface area contributed by atoms with Crippen molar-refractivity contribution < 1.29 is 4.74 Å².